The normalized spacial score (nSPS) is 15.6. The van der Waals surface area contributed by atoms with Crippen molar-refractivity contribution in [2.75, 3.05) is 5.32 Å². The lowest BCUT2D eigenvalue weighted by molar-refractivity contribution is 0.104. The van der Waals surface area contributed by atoms with Gasteiger partial charge in [0.05, 0.1) is 5.70 Å². The van der Waals surface area contributed by atoms with Crippen LogP contribution in [-0.4, -0.2) is 5.78 Å². The van der Waals surface area contributed by atoms with Crippen molar-refractivity contribution in [1.29, 1.82) is 0 Å². The van der Waals surface area contributed by atoms with Crippen LogP contribution in [0.2, 0.25) is 5.02 Å². The van der Waals surface area contributed by atoms with Crippen molar-refractivity contribution in [2.45, 2.75) is 0 Å². The smallest absolute Gasteiger partial charge is 0.211 e. The summed E-state index contributed by atoms with van der Waals surface area (Å²) >= 11 is 5.90. The van der Waals surface area contributed by atoms with Crippen molar-refractivity contribution >= 4 is 29.1 Å². The average molecular weight is 256 g/mol. The molecule has 88 valence electrons. The lowest BCUT2D eigenvalue weighted by atomic mass is 10.1. The molecule has 0 spiro atoms. The van der Waals surface area contributed by atoms with E-state index in [9.17, 15) is 4.79 Å². The molecule has 0 bridgehead atoms. The summed E-state index contributed by atoms with van der Waals surface area (Å²) in [6, 6.07) is 15.0. The lowest BCUT2D eigenvalue weighted by Gasteiger charge is -1.98. The molecule has 0 aliphatic carbocycles. The average Bonchev–Trinajstić information content (AvgIpc) is 2.68. The Morgan fingerprint density at radius 1 is 1.06 bits per heavy atom. The maximum atomic E-state index is 12.2. The second-order valence-corrected chi connectivity index (χ2v) is 4.55. The third kappa shape index (κ3) is 1.91. The van der Waals surface area contributed by atoms with Crippen LogP contribution in [0.3, 0.4) is 0 Å². The van der Waals surface area contributed by atoms with Crippen LogP contribution in [0.15, 0.2) is 54.2 Å². The van der Waals surface area contributed by atoms with Crippen molar-refractivity contribution < 1.29 is 4.79 Å². The molecule has 1 heterocycles. The Bertz CT molecular complexity index is 647. The fraction of sp³-hybridized carbons (Fsp3) is 0. The highest BCUT2D eigenvalue weighted by Gasteiger charge is 2.24. The van der Waals surface area contributed by atoms with Gasteiger partial charge in [0.2, 0.25) is 5.78 Å². The number of ketones is 1. The van der Waals surface area contributed by atoms with Gasteiger partial charge in [-0.3, -0.25) is 4.79 Å². The van der Waals surface area contributed by atoms with Crippen LogP contribution in [0.25, 0.3) is 6.08 Å². The first-order chi connectivity index (χ1) is 8.74. The van der Waals surface area contributed by atoms with E-state index in [0.29, 0.717) is 16.3 Å². The molecule has 0 unspecified atom stereocenters. The van der Waals surface area contributed by atoms with E-state index in [1.807, 2.05) is 42.5 Å². The Kier molecular flexibility index (Phi) is 2.65. The van der Waals surface area contributed by atoms with Crippen LogP contribution >= 0.6 is 11.6 Å². The van der Waals surface area contributed by atoms with Crippen molar-refractivity contribution in [2.24, 2.45) is 0 Å². The minimum atomic E-state index is -0.0173. The van der Waals surface area contributed by atoms with E-state index >= 15 is 0 Å². The summed E-state index contributed by atoms with van der Waals surface area (Å²) in [6.45, 7) is 0. The quantitative estimate of drug-likeness (QED) is 0.781. The summed E-state index contributed by atoms with van der Waals surface area (Å²) in [4.78, 5) is 12.2. The number of allylic oxidation sites excluding steroid dienone is 1. The van der Waals surface area contributed by atoms with E-state index in [-0.39, 0.29) is 5.78 Å². The van der Waals surface area contributed by atoms with Crippen molar-refractivity contribution in [1.82, 2.24) is 0 Å². The lowest BCUT2D eigenvalue weighted by Crippen LogP contribution is -1.99. The molecule has 0 aromatic heterocycles. The molecule has 1 aliphatic rings. The monoisotopic (exact) mass is 255 g/mol. The molecule has 2 aromatic carbocycles. The summed E-state index contributed by atoms with van der Waals surface area (Å²) in [5.74, 6) is -0.0173. The van der Waals surface area contributed by atoms with E-state index in [1.54, 1.807) is 12.1 Å². The fourth-order valence-electron chi connectivity index (χ4n) is 1.98. The highest BCUT2D eigenvalue weighted by atomic mass is 35.5. The van der Waals surface area contributed by atoms with E-state index < -0.39 is 0 Å². The van der Waals surface area contributed by atoms with Gasteiger partial charge in [0.1, 0.15) is 0 Å². The number of carbonyl (C=O) groups excluding carboxylic acids is 1. The second kappa shape index (κ2) is 4.31. The Labute approximate surface area is 110 Å². The van der Waals surface area contributed by atoms with Crippen LogP contribution in [0.4, 0.5) is 5.69 Å². The van der Waals surface area contributed by atoms with Gasteiger partial charge in [-0.05, 0) is 29.8 Å². The molecule has 0 atom stereocenters. The van der Waals surface area contributed by atoms with Crippen LogP contribution in [0.5, 0.6) is 0 Å². The molecule has 2 aromatic rings. The van der Waals surface area contributed by atoms with Gasteiger partial charge in [-0.25, -0.2) is 0 Å². The number of halogens is 1. The Morgan fingerprint density at radius 3 is 2.61 bits per heavy atom. The molecule has 0 radical (unpaired) electrons. The van der Waals surface area contributed by atoms with Gasteiger partial charge in [0.25, 0.3) is 0 Å². The molecule has 1 N–H and O–H groups in total. The maximum absolute atomic E-state index is 12.2. The van der Waals surface area contributed by atoms with E-state index in [0.717, 1.165) is 11.3 Å². The predicted octanol–water partition coefficient (Wildman–Crippen LogP) is 3.99. The molecule has 18 heavy (non-hydrogen) atoms. The van der Waals surface area contributed by atoms with Crippen LogP contribution in [0, 0.1) is 0 Å². The van der Waals surface area contributed by atoms with E-state index in [1.165, 1.54) is 0 Å². The third-order valence-corrected chi connectivity index (χ3v) is 3.09. The van der Waals surface area contributed by atoms with E-state index in [2.05, 4.69) is 5.32 Å². The van der Waals surface area contributed by atoms with Gasteiger partial charge < -0.3 is 5.32 Å². The van der Waals surface area contributed by atoms with Gasteiger partial charge >= 0.3 is 0 Å². The zero-order valence-corrected chi connectivity index (χ0v) is 10.2. The Balaban J connectivity index is 2.00. The van der Waals surface area contributed by atoms with Crippen molar-refractivity contribution in [3.63, 3.8) is 0 Å². The zero-order chi connectivity index (χ0) is 12.5. The minimum absolute atomic E-state index is 0.0173. The topological polar surface area (TPSA) is 29.1 Å². The molecule has 2 nitrogen and oxygen atoms in total. The van der Waals surface area contributed by atoms with Crippen LogP contribution in [-0.2, 0) is 0 Å². The first-order valence-corrected chi connectivity index (χ1v) is 6.00. The van der Waals surface area contributed by atoms with Gasteiger partial charge in [-0.15, -0.1) is 0 Å². The van der Waals surface area contributed by atoms with Gasteiger partial charge in [0, 0.05) is 16.3 Å². The molecule has 0 saturated heterocycles. The molecule has 1 aliphatic heterocycles. The predicted molar refractivity (Wildman–Crippen MR) is 73.8 cm³/mol. The summed E-state index contributed by atoms with van der Waals surface area (Å²) in [6.07, 6.45) is 1.84. The number of hydrogen-bond donors (Lipinski definition) is 1. The number of hydrogen-bond acceptors (Lipinski definition) is 2. The molecule has 0 saturated carbocycles. The summed E-state index contributed by atoms with van der Waals surface area (Å²) in [5, 5.41) is 3.69. The Hall–Kier alpha value is -2.06. The van der Waals surface area contributed by atoms with Crippen LogP contribution in [0.1, 0.15) is 15.9 Å². The highest BCUT2D eigenvalue weighted by molar-refractivity contribution is 6.32. The molecule has 3 heteroatoms. The zero-order valence-electron chi connectivity index (χ0n) is 9.48. The summed E-state index contributed by atoms with van der Waals surface area (Å²) in [7, 11) is 0. The largest absolute Gasteiger partial charge is 0.352 e. The van der Waals surface area contributed by atoms with E-state index in [4.69, 9.17) is 11.6 Å². The third-order valence-electron chi connectivity index (χ3n) is 2.85. The van der Waals surface area contributed by atoms with Gasteiger partial charge in [0.15, 0.2) is 0 Å². The fourth-order valence-corrected chi connectivity index (χ4v) is 2.15. The molecular formula is C15H10ClNO. The Morgan fingerprint density at radius 2 is 1.83 bits per heavy atom. The molecular weight excluding hydrogens is 246 g/mol. The standard InChI is InChI=1S/C15H10ClNO/c16-11-6-7-13-12(9-11)15(18)14(17-13)8-10-4-2-1-3-5-10/h1-9,17H/b14-8-. The molecule has 0 fully saturated rings. The van der Waals surface area contributed by atoms with Gasteiger partial charge in [-0.1, -0.05) is 41.9 Å². The minimum Gasteiger partial charge on any atom is -0.352 e. The number of anilines is 1. The van der Waals surface area contributed by atoms with Crippen molar-refractivity contribution in [3.8, 4) is 0 Å². The first kappa shape index (κ1) is 11.1. The first-order valence-electron chi connectivity index (χ1n) is 5.62. The number of fused-ring (bicyclic) bond motifs is 1. The van der Waals surface area contributed by atoms with Crippen molar-refractivity contribution in [3.05, 3.63) is 70.4 Å². The second-order valence-electron chi connectivity index (χ2n) is 4.11. The summed E-state index contributed by atoms with van der Waals surface area (Å²) in [5.41, 5.74) is 3.02. The number of nitrogens with one attached hydrogen (secondary N) is 1. The highest BCUT2D eigenvalue weighted by Crippen LogP contribution is 2.31. The number of carbonyl (C=O) groups is 1. The SMILES string of the molecule is O=C1/C(=C/c2ccccc2)Nc2ccc(Cl)cc21. The summed E-state index contributed by atoms with van der Waals surface area (Å²) < 4.78 is 0. The molecule has 0 amide bonds. The van der Waals surface area contributed by atoms with Gasteiger partial charge in [-0.2, -0.15) is 0 Å². The number of benzene rings is 2. The molecule has 3 rings (SSSR count). The number of Topliss-reactive ketones (excluding diaryl/α,β-unsaturated/α-hetero) is 1. The number of rotatable bonds is 1. The maximum Gasteiger partial charge on any atom is 0.211 e. The van der Waals surface area contributed by atoms with Crippen LogP contribution < -0.4 is 5.32 Å².